The second-order valence-electron chi connectivity index (χ2n) is 7.57. The van der Waals surface area contributed by atoms with Gasteiger partial charge in [0.1, 0.15) is 28.5 Å². The Morgan fingerprint density at radius 2 is 1.97 bits per heavy atom. The topological polar surface area (TPSA) is 93.4 Å². The number of anilines is 1. The number of fused-ring (bicyclic) bond motifs is 1. The third-order valence-corrected chi connectivity index (χ3v) is 5.34. The summed E-state index contributed by atoms with van der Waals surface area (Å²) in [6, 6.07) is 6.14. The molecule has 9 heteroatoms. The maximum absolute atomic E-state index is 13.4. The Morgan fingerprint density at radius 3 is 2.71 bits per heavy atom. The lowest BCUT2D eigenvalue weighted by molar-refractivity contribution is -0.121. The molecule has 0 spiro atoms. The summed E-state index contributed by atoms with van der Waals surface area (Å²) in [4.78, 5) is 23.6. The molecule has 3 heterocycles. The van der Waals surface area contributed by atoms with Crippen LogP contribution in [0.1, 0.15) is 31.5 Å². The van der Waals surface area contributed by atoms with Crippen LogP contribution in [0, 0.1) is 5.82 Å². The zero-order valence-corrected chi connectivity index (χ0v) is 17.6. The maximum atomic E-state index is 13.4. The Balaban J connectivity index is 1.65. The molecule has 1 saturated heterocycles. The van der Waals surface area contributed by atoms with Crippen molar-refractivity contribution in [2.75, 3.05) is 38.3 Å². The number of hydrogen-bond acceptors (Lipinski definition) is 7. The molecule has 1 N–H and O–H groups in total. The molecule has 1 amide bonds. The van der Waals surface area contributed by atoms with Crippen molar-refractivity contribution in [3.05, 3.63) is 35.9 Å². The second kappa shape index (κ2) is 9.82. The maximum Gasteiger partial charge on any atom is 0.263 e. The number of halogens is 1. The number of methoxy groups -OCH3 is 1. The molecule has 4 rings (SSSR count). The number of carbonyl (C=O) groups excluding carboxylic acids is 1. The zero-order valence-electron chi connectivity index (χ0n) is 17.6. The van der Waals surface area contributed by atoms with E-state index in [1.165, 1.54) is 18.6 Å². The molecule has 0 unspecified atom stereocenters. The highest BCUT2D eigenvalue weighted by Gasteiger charge is 2.24. The molecule has 0 atom stereocenters. The van der Waals surface area contributed by atoms with Crippen LogP contribution in [0.5, 0.6) is 0 Å². The SMILES string of the molecule is COCCNC(=O)CCc1nc(N2CCCCC2)c2c(-c3ccc(F)cc3)noc2n1. The molecule has 3 aromatic rings. The van der Waals surface area contributed by atoms with Crippen LogP contribution in [-0.4, -0.2) is 54.4 Å². The summed E-state index contributed by atoms with van der Waals surface area (Å²) in [5, 5.41) is 7.74. The van der Waals surface area contributed by atoms with Gasteiger partial charge in [-0.05, 0) is 43.5 Å². The van der Waals surface area contributed by atoms with E-state index in [2.05, 4.69) is 20.4 Å². The first-order chi connectivity index (χ1) is 15.2. The Bertz CT molecular complexity index is 1030. The van der Waals surface area contributed by atoms with Crippen LogP contribution in [-0.2, 0) is 16.0 Å². The number of amides is 1. The van der Waals surface area contributed by atoms with Crippen LogP contribution in [0.15, 0.2) is 28.8 Å². The van der Waals surface area contributed by atoms with Crippen LogP contribution in [0.4, 0.5) is 10.2 Å². The van der Waals surface area contributed by atoms with Gasteiger partial charge in [-0.25, -0.2) is 9.37 Å². The Kier molecular flexibility index (Phi) is 6.71. The molecular formula is C22H26FN5O3. The van der Waals surface area contributed by atoms with Gasteiger partial charge in [-0.15, -0.1) is 0 Å². The molecular weight excluding hydrogens is 401 g/mol. The number of nitrogens with one attached hydrogen (secondary N) is 1. The fraction of sp³-hybridized carbons (Fsp3) is 0.455. The number of ether oxygens (including phenoxy) is 1. The number of carbonyl (C=O) groups is 1. The number of benzene rings is 1. The fourth-order valence-electron chi connectivity index (χ4n) is 3.74. The lowest BCUT2D eigenvalue weighted by atomic mass is 10.1. The first-order valence-electron chi connectivity index (χ1n) is 10.6. The summed E-state index contributed by atoms with van der Waals surface area (Å²) in [5.74, 6) is 0.914. The Hall–Kier alpha value is -3.07. The standard InChI is InChI=1S/C22H26FN5O3/c1-30-14-11-24-18(29)10-9-17-25-21(28-12-3-2-4-13-28)19-20(27-31-22(19)26-17)15-5-7-16(23)8-6-15/h5-8H,2-4,9-14H2,1H3,(H,24,29). The molecule has 0 radical (unpaired) electrons. The third-order valence-electron chi connectivity index (χ3n) is 5.34. The predicted molar refractivity (Wildman–Crippen MR) is 114 cm³/mol. The average molecular weight is 427 g/mol. The summed E-state index contributed by atoms with van der Waals surface area (Å²) < 4.78 is 23.9. The lowest BCUT2D eigenvalue weighted by Crippen LogP contribution is -2.31. The van der Waals surface area contributed by atoms with Crippen molar-refractivity contribution in [1.29, 1.82) is 0 Å². The summed E-state index contributed by atoms with van der Waals surface area (Å²) in [5.41, 5.74) is 1.72. The molecule has 31 heavy (non-hydrogen) atoms. The van der Waals surface area contributed by atoms with E-state index in [0.29, 0.717) is 36.8 Å². The van der Waals surface area contributed by atoms with Gasteiger partial charge in [0.2, 0.25) is 5.91 Å². The summed E-state index contributed by atoms with van der Waals surface area (Å²) in [7, 11) is 1.59. The Morgan fingerprint density at radius 1 is 1.19 bits per heavy atom. The van der Waals surface area contributed by atoms with E-state index in [1.54, 1.807) is 19.2 Å². The van der Waals surface area contributed by atoms with Crippen LogP contribution in [0.3, 0.4) is 0 Å². The highest BCUT2D eigenvalue weighted by molar-refractivity contribution is 5.98. The summed E-state index contributed by atoms with van der Waals surface area (Å²) >= 11 is 0. The molecule has 0 saturated carbocycles. The highest BCUT2D eigenvalue weighted by atomic mass is 19.1. The van der Waals surface area contributed by atoms with Crippen molar-refractivity contribution in [2.45, 2.75) is 32.1 Å². The zero-order chi connectivity index (χ0) is 21.6. The molecule has 1 aromatic carbocycles. The predicted octanol–water partition coefficient (Wildman–Crippen LogP) is 3.11. The summed E-state index contributed by atoms with van der Waals surface area (Å²) in [6.45, 7) is 2.71. The molecule has 164 valence electrons. The van der Waals surface area contributed by atoms with Crippen LogP contribution >= 0.6 is 0 Å². The largest absolute Gasteiger partial charge is 0.383 e. The molecule has 1 aliphatic heterocycles. The minimum absolute atomic E-state index is 0.0789. The van der Waals surface area contributed by atoms with Gasteiger partial charge in [0.05, 0.1) is 6.61 Å². The second-order valence-corrected chi connectivity index (χ2v) is 7.57. The smallest absolute Gasteiger partial charge is 0.263 e. The van der Waals surface area contributed by atoms with Gasteiger partial charge in [-0.3, -0.25) is 4.79 Å². The number of aromatic nitrogens is 3. The van der Waals surface area contributed by atoms with E-state index in [1.807, 2.05) is 0 Å². The number of rotatable bonds is 8. The van der Waals surface area contributed by atoms with E-state index in [9.17, 15) is 9.18 Å². The molecule has 1 aliphatic rings. The number of aryl methyl sites for hydroxylation is 1. The number of nitrogens with zero attached hydrogens (tertiary/aromatic N) is 4. The van der Waals surface area contributed by atoms with Gasteiger partial charge in [-0.2, -0.15) is 4.98 Å². The monoisotopic (exact) mass is 427 g/mol. The van der Waals surface area contributed by atoms with E-state index in [-0.39, 0.29) is 18.1 Å². The van der Waals surface area contributed by atoms with Crippen LogP contribution in [0.2, 0.25) is 0 Å². The van der Waals surface area contributed by atoms with E-state index in [4.69, 9.17) is 14.2 Å². The number of piperidine rings is 1. The highest BCUT2D eigenvalue weighted by Crippen LogP contribution is 2.35. The lowest BCUT2D eigenvalue weighted by Gasteiger charge is -2.28. The fourth-order valence-corrected chi connectivity index (χ4v) is 3.74. The van der Waals surface area contributed by atoms with E-state index in [0.717, 1.165) is 42.7 Å². The van der Waals surface area contributed by atoms with Gasteiger partial charge in [0.15, 0.2) is 0 Å². The van der Waals surface area contributed by atoms with Gasteiger partial charge < -0.3 is 19.5 Å². The first kappa shape index (κ1) is 21.2. The quantitative estimate of drug-likeness (QED) is 0.552. The van der Waals surface area contributed by atoms with Crippen molar-refractivity contribution < 1.29 is 18.4 Å². The van der Waals surface area contributed by atoms with Crippen molar-refractivity contribution >= 4 is 22.8 Å². The number of hydrogen-bond donors (Lipinski definition) is 1. The molecule has 0 aliphatic carbocycles. The molecule has 1 fully saturated rings. The van der Waals surface area contributed by atoms with Crippen LogP contribution in [0.25, 0.3) is 22.4 Å². The average Bonchev–Trinajstić information content (AvgIpc) is 3.22. The van der Waals surface area contributed by atoms with Crippen molar-refractivity contribution in [3.63, 3.8) is 0 Å². The normalized spacial score (nSPS) is 14.2. The molecule has 0 bridgehead atoms. The van der Waals surface area contributed by atoms with Gasteiger partial charge in [0, 0.05) is 45.1 Å². The van der Waals surface area contributed by atoms with Gasteiger partial charge in [0.25, 0.3) is 5.71 Å². The molecule has 8 nitrogen and oxygen atoms in total. The Labute approximate surface area is 179 Å². The van der Waals surface area contributed by atoms with Crippen LogP contribution < -0.4 is 10.2 Å². The van der Waals surface area contributed by atoms with Gasteiger partial charge in [-0.1, -0.05) is 5.16 Å². The minimum atomic E-state index is -0.310. The first-order valence-corrected chi connectivity index (χ1v) is 10.6. The third kappa shape index (κ3) is 4.99. The van der Waals surface area contributed by atoms with Crippen molar-refractivity contribution in [2.24, 2.45) is 0 Å². The van der Waals surface area contributed by atoms with E-state index >= 15 is 0 Å². The van der Waals surface area contributed by atoms with Crippen molar-refractivity contribution in [1.82, 2.24) is 20.4 Å². The van der Waals surface area contributed by atoms with Gasteiger partial charge >= 0.3 is 0 Å². The van der Waals surface area contributed by atoms with Crippen molar-refractivity contribution in [3.8, 4) is 11.3 Å². The van der Waals surface area contributed by atoms with E-state index < -0.39 is 0 Å². The summed E-state index contributed by atoms with van der Waals surface area (Å²) in [6.07, 6.45) is 4.02. The molecule has 2 aromatic heterocycles. The minimum Gasteiger partial charge on any atom is -0.383 e.